The molecule has 1 N–H and O–H groups in total. The molecular weight excluding hydrogens is 306 g/mol. The Hall–Kier alpha value is -2.96. The molecule has 7 nitrogen and oxygen atoms in total. The minimum Gasteiger partial charge on any atom is -0.355 e. The lowest BCUT2D eigenvalue weighted by molar-refractivity contribution is 0.0937. The summed E-state index contributed by atoms with van der Waals surface area (Å²) < 4.78 is 7.19. The van der Waals surface area contributed by atoms with E-state index in [0.29, 0.717) is 17.1 Å². The Kier molecular flexibility index (Phi) is 4.41. The van der Waals surface area contributed by atoms with Gasteiger partial charge in [-0.2, -0.15) is 0 Å². The normalized spacial score (nSPS) is 12.3. The van der Waals surface area contributed by atoms with Gasteiger partial charge in [0.15, 0.2) is 11.6 Å². The molecule has 0 spiro atoms. The predicted molar refractivity (Wildman–Crippen MR) is 88.2 cm³/mol. The maximum atomic E-state index is 12.6. The van der Waals surface area contributed by atoms with Crippen LogP contribution >= 0.6 is 0 Å². The summed E-state index contributed by atoms with van der Waals surface area (Å²) in [7, 11) is 0. The first-order chi connectivity index (χ1) is 11.6. The smallest absolute Gasteiger partial charge is 0.257 e. The molecule has 0 bridgehead atoms. The van der Waals surface area contributed by atoms with Gasteiger partial charge in [-0.25, -0.2) is 0 Å². The van der Waals surface area contributed by atoms with Crippen molar-refractivity contribution >= 4 is 5.91 Å². The molecular formula is C17H19N5O2. The Balaban J connectivity index is 1.81. The first-order valence-corrected chi connectivity index (χ1v) is 7.78. The van der Waals surface area contributed by atoms with Crippen molar-refractivity contribution in [2.75, 3.05) is 0 Å². The second-order valence-corrected chi connectivity index (χ2v) is 5.82. The lowest BCUT2D eigenvalue weighted by Crippen LogP contribution is -2.29. The average Bonchev–Trinajstić information content (AvgIpc) is 3.25. The molecule has 0 aliphatic carbocycles. The lowest BCUT2D eigenvalue weighted by Gasteiger charge is -2.16. The summed E-state index contributed by atoms with van der Waals surface area (Å²) in [4.78, 5) is 12.6. The molecule has 0 radical (unpaired) electrons. The van der Waals surface area contributed by atoms with Crippen LogP contribution in [-0.4, -0.2) is 25.8 Å². The molecule has 1 atom stereocenters. The third-order valence-corrected chi connectivity index (χ3v) is 3.74. The highest BCUT2D eigenvalue weighted by Gasteiger charge is 2.22. The van der Waals surface area contributed by atoms with Gasteiger partial charge in [0, 0.05) is 11.6 Å². The first-order valence-electron chi connectivity index (χ1n) is 7.78. The number of hydrogen-bond donors (Lipinski definition) is 1. The summed E-state index contributed by atoms with van der Waals surface area (Å²) in [5.74, 6) is 0.891. The van der Waals surface area contributed by atoms with E-state index >= 15 is 0 Å². The first kappa shape index (κ1) is 15.9. The van der Waals surface area contributed by atoms with E-state index in [0.717, 1.165) is 5.56 Å². The summed E-state index contributed by atoms with van der Waals surface area (Å²) in [6.07, 6.45) is 3.09. The SMILES string of the molecule is CC(C)n1cnnc1[C@H](C)NC(=O)c1cnoc1-c1ccccc1. The van der Waals surface area contributed by atoms with Gasteiger partial charge in [0.1, 0.15) is 11.9 Å². The van der Waals surface area contributed by atoms with Crippen LogP contribution in [0.15, 0.2) is 47.4 Å². The average molecular weight is 325 g/mol. The fourth-order valence-corrected chi connectivity index (χ4v) is 2.50. The number of nitrogens with zero attached hydrogens (tertiary/aromatic N) is 4. The number of hydrogen-bond acceptors (Lipinski definition) is 5. The molecule has 2 aromatic heterocycles. The van der Waals surface area contributed by atoms with Crippen LogP contribution in [0.1, 0.15) is 49.0 Å². The van der Waals surface area contributed by atoms with Crippen LogP contribution in [-0.2, 0) is 0 Å². The van der Waals surface area contributed by atoms with E-state index in [1.807, 2.05) is 55.7 Å². The lowest BCUT2D eigenvalue weighted by atomic mass is 10.1. The monoisotopic (exact) mass is 325 g/mol. The zero-order chi connectivity index (χ0) is 17.1. The van der Waals surface area contributed by atoms with Gasteiger partial charge in [0.2, 0.25) is 0 Å². The summed E-state index contributed by atoms with van der Waals surface area (Å²) in [6.45, 7) is 5.94. The van der Waals surface area contributed by atoms with Gasteiger partial charge in [-0.15, -0.1) is 10.2 Å². The number of amides is 1. The van der Waals surface area contributed by atoms with Crippen molar-refractivity contribution in [1.82, 2.24) is 25.2 Å². The van der Waals surface area contributed by atoms with Crippen LogP contribution in [0.5, 0.6) is 0 Å². The number of carbonyl (C=O) groups excluding carboxylic acids is 1. The van der Waals surface area contributed by atoms with E-state index in [1.165, 1.54) is 6.20 Å². The summed E-state index contributed by atoms with van der Waals surface area (Å²) >= 11 is 0. The van der Waals surface area contributed by atoms with E-state index < -0.39 is 0 Å². The minimum atomic E-state index is -0.291. The summed E-state index contributed by atoms with van der Waals surface area (Å²) in [5.41, 5.74) is 1.20. The van der Waals surface area contributed by atoms with Crippen LogP contribution in [0.3, 0.4) is 0 Å². The van der Waals surface area contributed by atoms with Gasteiger partial charge in [0.05, 0.1) is 12.2 Å². The van der Waals surface area contributed by atoms with Crippen LogP contribution in [0.2, 0.25) is 0 Å². The van der Waals surface area contributed by atoms with Crippen molar-refractivity contribution in [1.29, 1.82) is 0 Å². The molecule has 0 aliphatic rings. The van der Waals surface area contributed by atoms with E-state index in [1.54, 1.807) is 6.33 Å². The number of benzene rings is 1. The van der Waals surface area contributed by atoms with Gasteiger partial charge in [-0.3, -0.25) is 4.79 Å². The third kappa shape index (κ3) is 3.05. The number of carbonyl (C=O) groups is 1. The highest BCUT2D eigenvalue weighted by Crippen LogP contribution is 2.24. The van der Waals surface area contributed by atoms with Gasteiger partial charge in [0.25, 0.3) is 5.91 Å². The van der Waals surface area contributed by atoms with Crippen molar-refractivity contribution in [3.8, 4) is 11.3 Å². The van der Waals surface area contributed by atoms with Crippen molar-refractivity contribution in [2.45, 2.75) is 32.9 Å². The van der Waals surface area contributed by atoms with E-state index in [-0.39, 0.29) is 18.0 Å². The van der Waals surface area contributed by atoms with Gasteiger partial charge in [-0.1, -0.05) is 35.5 Å². The molecule has 1 aromatic carbocycles. The van der Waals surface area contributed by atoms with Crippen molar-refractivity contribution < 1.29 is 9.32 Å². The fourth-order valence-electron chi connectivity index (χ4n) is 2.50. The second kappa shape index (κ2) is 6.66. The molecule has 24 heavy (non-hydrogen) atoms. The van der Waals surface area contributed by atoms with Gasteiger partial charge < -0.3 is 14.4 Å². The van der Waals surface area contributed by atoms with Crippen molar-refractivity contribution in [3.63, 3.8) is 0 Å². The van der Waals surface area contributed by atoms with Crippen LogP contribution in [0.4, 0.5) is 0 Å². The molecule has 2 heterocycles. The van der Waals surface area contributed by atoms with E-state index in [4.69, 9.17) is 4.52 Å². The third-order valence-electron chi connectivity index (χ3n) is 3.74. The molecule has 0 fully saturated rings. The Morgan fingerprint density at radius 2 is 1.96 bits per heavy atom. The predicted octanol–water partition coefficient (Wildman–Crippen LogP) is 3.01. The highest BCUT2D eigenvalue weighted by molar-refractivity contribution is 5.99. The Bertz CT molecular complexity index is 822. The Morgan fingerprint density at radius 1 is 1.21 bits per heavy atom. The molecule has 0 aliphatic heterocycles. The highest BCUT2D eigenvalue weighted by atomic mass is 16.5. The largest absolute Gasteiger partial charge is 0.355 e. The zero-order valence-electron chi connectivity index (χ0n) is 13.8. The quantitative estimate of drug-likeness (QED) is 0.779. The van der Waals surface area contributed by atoms with Crippen LogP contribution in [0.25, 0.3) is 11.3 Å². The topological polar surface area (TPSA) is 85.8 Å². The molecule has 124 valence electrons. The van der Waals surface area contributed by atoms with Crippen molar-refractivity contribution in [2.24, 2.45) is 0 Å². The molecule has 0 saturated heterocycles. The van der Waals surface area contributed by atoms with E-state index in [9.17, 15) is 4.79 Å². The Morgan fingerprint density at radius 3 is 2.67 bits per heavy atom. The zero-order valence-corrected chi connectivity index (χ0v) is 13.8. The molecule has 7 heteroatoms. The van der Waals surface area contributed by atoms with Crippen molar-refractivity contribution in [3.05, 3.63) is 54.2 Å². The fraction of sp³-hybridized carbons (Fsp3) is 0.294. The van der Waals surface area contributed by atoms with Gasteiger partial charge in [-0.05, 0) is 20.8 Å². The van der Waals surface area contributed by atoms with Gasteiger partial charge >= 0.3 is 0 Å². The molecule has 0 saturated carbocycles. The van der Waals surface area contributed by atoms with Crippen LogP contribution < -0.4 is 5.32 Å². The molecule has 0 unspecified atom stereocenters. The summed E-state index contributed by atoms with van der Waals surface area (Å²) in [6, 6.07) is 9.33. The Labute approximate surface area is 139 Å². The standard InChI is InChI=1S/C17H19N5O2/c1-11(2)22-10-18-21-16(22)12(3)20-17(23)14-9-19-24-15(14)13-7-5-4-6-8-13/h4-12H,1-3H3,(H,20,23)/t12-/m0/s1. The minimum absolute atomic E-state index is 0.213. The molecule has 1 amide bonds. The molecule has 3 aromatic rings. The second-order valence-electron chi connectivity index (χ2n) is 5.82. The number of rotatable bonds is 5. The number of nitrogens with one attached hydrogen (secondary N) is 1. The number of aromatic nitrogens is 4. The van der Waals surface area contributed by atoms with E-state index in [2.05, 4.69) is 20.7 Å². The molecule has 3 rings (SSSR count). The maximum Gasteiger partial charge on any atom is 0.257 e. The summed E-state index contributed by atoms with van der Waals surface area (Å²) in [5, 5.41) is 14.7. The van der Waals surface area contributed by atoms with Crippen LogP contribution in [0, 0.1) is 0 Å². The maximum absolute atomic E-state index is 12.6.